The fraction of sp³-hybridized carbons (Fsp3) is 0.160. The zero-order valence-corrected chi connectivity index (χ0v) is 19.6. The molecule has 1 aliphatic rings. The van der Waals surface area contributed by atoms with Crippen molar-refractivity contribution in [1.82, 2.24) is 4.72 Å². The van der Waals surface area contributed by atoms with Crippen molar-refractivity contribution >= 4 is 43.0 Å². The van der Waals surface area contributed by atoms with Gasteiger partial charge in [0, 0.05) is 27.4 Å². The van der Waals surface area contributed by atoms with Gasteiger partial charge in [0.1, 0.15) is 23.1 Å². The van der Waals surface area contributed by atoms with E-state index in [0.717, 1.165) is 24.2 Å². The number of sulfonamides is 1. The molecule has 1 aromatic heterocycles. The first-order valence-electron chi connectivity index (χ1n) is 10.7. The minimum absolute atomic E-state index is 0.00737. The fourth-order valence-corrected chi connectivity index (χ4v) is 6.05. The molecule has 174 valence electrons. The van der Waals surface area contributed by atoms with Crippen molar-refractivity contribution in [2.24, 2.45) is 0 Å². The number of rotatable bonds is 8. The lowest BCUT2D eigenvalue weighted by Gasteiger charge is -2.10. The zero-order valence-electron chi connectivity index (χ0n) is 18.0. The molecule has 0 spiro atoms. The molecular formula is C25H21FN2O4S2. The van der Waals surface area contributed by atoms with Crippen molar-refractivity contribution in [3.63, 3.8) is 0 Å². The number of anilines is 1. The molecule has 0 aliphatic heterocycles. The van der Waals surface area contributed by atoms with E-state index in [1.807, 2.05) is 18.2 Å². The second-order valence-corrected chi connectivity index (χ2v) is 10.8. The first-order chi connectivity index (χ1) is 16.4. The van der Waals surface area contributed by atoms with Crippen LogP contribution >= 0.6 is 11.3 Å². The van der Waals surface area contributed by atoms with E-state index in [2.05, 4.69) is 10.0 Å². The summed E-state index contributed by atoms with van der Waals surface area (Å²) >= 11 is 1.16. The van der Waals surface area contributed by atoms with Gasteiger partial charge in [-0.15, -0.1) is 11.3 Å². The number of hydrogen-bond donors (Lipinski definition) is 2. The normalized spacial score (nSPS) is 13.7. The Bertz CT molecular complexity index is 1470. The van der Waals surface area contributed by atoms with E-state index in [1.54, 1.807) is 36.4 Å². The van der Waals surface area contributed by atoms with Crippen LogP contribution in [0.4, 0.5) is 10.1 Å². The maximum Gasteiger partial charge on any atom is 0.266 e. The molecule has 0 bridgehead atoms. The van der Waals surface area contributed by atoms with Crippen molar-refractivity contribution in [1.29, 1.82) is 0 Å². The number of nitrogens with one attached hydrogen (secondary N) is 2. The third kappa shape index (κ3) is 4.82. The van der Waals surface area contributed by atoms with Crippen LogP contribution in [0.25, 0.3) is 10.1 Å². The smallest absolute Gasteiger partial charge is 0.266 e. The van der Waals surface area contributed by atoms with Crippen LogP contribution in [-0.2, 0) is 16.6 Å². The number of carbonyl (C=O) groups excluding carboxylic acids is 1. The highest BCUT2D eigenvalue weighted by Crippen LogP contribution is 2.35. The van der Waals surface area contributed by atoms with E-state index in [-0.39, 0.29) is 17.5 Å². The van der Waals surface area contributed by atoms with E-state index in [9.17, 15) is 17.6 Å². The van der Waals surface area contributed by atoms with Crippen LogP contribution in [-0.4, -0.2) is 20.4 Å². The standard InChI is InChI=1S/C25H21FN2O4S2/c26-21-10-5-11-22-23(21)20(15-32-18-7-2-1-3-8-18)24(33-22)25(29)27-17-6-4-9-19(14-17)34(30,31)28-16-12-13-16/h1-11,14,16,28H,12-13,15H2,(H,27,29). The molecule has 6 nitrogen and oxygen atoms in total. The number of fused-ring (bicyclic) bond motifs is 1. The Morgan fingerprint density at radius 2 is 1.79 bits per heavy atom. The Morgan fingerprint density at radius 3 is 2.56 bits per heavy atom. The van der Waals surface area contributed by atoms with Crippen molar-refractivity contribution in [3.05, 3.63) is 89.1 Å². The minimum Gasteiger partial charge on any atom is -0.489 e. The predicted octanol–water partition coefficient (Wildman–Crippen LogP) is 5.31. The summed E-state index contributed by atoms with van der Waals surface area (Å²) < 4.78 is 48.9. The van der Waals surface area contributed by atoms with E-state index >= 15 is 0 Å². The summed E-state index contributed by atoms with van der Waals surface area (Å²) in [6.07, 6.45) is 1.65. The van der Waals surface area contributed by atoms with Gasteiger partial charge in [-0.2, -0.15) is 0 Å². The molecule has 1 heterocycles. The third-order valence-electron chi connectivity index (χ3n) is 5.40. The molecule has 5 rings (SSSR count). The highest BCUT2D eigenvalue weighted by atomic mass is 32.2. The number of hydrogen-bond acceptors (Lipinski definition) is 5. The average molecular weight is 497 g/mol. The van der Waals surface area contributed by atoms with Gasteiger partial charge >= 0.3 is 0 Å². The van der Waals surface area contributed by atoms with Crippen molar-refractivity contribution < 1.29 is 22.3 Å². The molecule has 1 fully saturated rings. The van der Waals surface area contributed by atoms with Gasteiger partial charge in [-0.05, 0) is 55.3 Å². The van der Waals surface area contributed by atoms with Gasteiger partial charge in [-0.1, -0.05) is 30.3 Å². The number of para-hydroxylation sites is 1. The average Bonchev–Trinajstić information content (AvgIpc) is 3.55. The highest BCUT2D eigenvalue weighted by molar-refractivity contribution is 7.89. The molecule has 4 aromatic rings. The van der Waals surface area contributed by atoms with Crippen LogP contribution in [0.15, 0.2) is 77.7 Å². The maximum atomic E-state index is 14.7. The monoisotopic (exact) mass is 496 g/mol. The van der Waals surface area contributed by atoms with E-state index in [4.69, 9.17) is 4.74 Å². The van der Waals surface area contributed by atoms with Crippen LogP contribution in [0.3, 0.4) is 0 Å². The van der Waals surface area contributed by atoms with Gasteiger partial charge in [-0.25, -0.2) is 17.5 Å². The topological polar surface area (TPSA) is 84.5 Å². The Balaban J connectivity index is 1.44. The molecule has 3 aromatic carbocycles. The molecule has 0 saturated heterocycles. The van der Waals surface area contributed by atoms with Crippen LogP contribution in [0.2, 0.25) is 0 Å². The molecule has 1 saturated carbocycles. The molecule has 0 unspecified atom stereocenters. The molecule has 0 radical (unpaired) electrons. The van der Waals surface area contributed by atoms with Gasteiger partial charge < -0.3 is 10.1 Å². The van der Waals surface area contributed by atoms with Crippen LogP contribution < -0.4 is 14.8 Å². The lowest BCUT2D eigenvalue weighted by Crippen LogP contribution is -2.25. The summed E-state index contributed by atoms with van der Waals surface area (Å²) in [4.78, 5) is 13.6. The number of ether oxygens (including phenoxy) is 1. The Morgan fingerprint density at radius 1 is 1.03 bits per heavy atom. The quantitative estimate of drug-likeness (QED) is 0.346. The van der Waals surface area contributed by atoms with Gasteiger partial charge in [0.15, 0.2) is 0 Å². The first-order valence-corrected chi connectivity index (χ1v) is 13.0. The van der Waals surface area contributed by atoms with Gasteiger partial charge in [-0.3, -0.25) is 4.79 Å². The zero-order chi connectivity index (χ0) is 23.7. The van der Waals surface area contributed by atoms with Gasteiger partial charge in [0.05, 0.1) is 4.90 Å². The van der Waals surface area contributed by atoms with Crippen molar-refractivity contribution in [2.45, 2.75) is 30.4 Å². The minimum atomic E-state index is -3.66. The summed E-state index contributed by atoms with van der Waals surface area (Å²) in [5, 5.41) is 3.11. The number of carbonyl (C=O) groups is 1. The molecule has 34 heavy (non-hydrogen) atoms. The molecule has 9 heteroatoms. The highest BCUT2D eigenvalue weighted by Gasteiger charge is 2.28. The summed E-state index contributed by atoms with van der Waals surface area (Å²) in [6.45, 7) is 0.00737. The molecule has 1 amide bonds. The number of benzene rings is 3. The largest absolute Gasteiger partial charge is 0.489 e. The number of thiophene rings is 1. The Labute approximate surface area is 200 Å². The van der Waals surface area contributed by atoms with Gasteiger partial charge in [0.25, 0.3) is 5.91 Å². The van der Waals surface area contributed by atoms with Gasteiger partial charge in [0.2, 0.25) is 10.0 Å². The van der Waals surface area contributed by atoms with Crippen LogP contribution in [0, 0.1) is 5.82 Å². The van der Waals surface area contributed by atoms with E-state index in [0.29, 0.717) is 32.0 Å². The second kappa shape index (κ2) is 9.17. The fourth-order valence-electron chi connectivity index (χ4n) is 3.58. The second-order valence-electron chi connectivity index (χ2n) is 8.00. The van der Waals surface area contributed by atoms with Crippen molar-refractivity contribution in [3.8, 4) is 5.75 Å². The van der Waals surface area contributed by atoms with E-state index in [1.165, 1.54) is 18.2 Å². The number of amides is 1. The van der Waals surface area contributed by atoms with E-state index < -0.39 is 21.7 Å². The summed E-state index contributed by atoms with van der Waals surface area (Å²) in [5.41, 5.74) is 0.773. The first kappa shape index (κ1) is 22.5. The molecule has 1 aliphatic carbocycles. The third-order valence-corrected chi connectivity index (χ3v) is 8.11. The summed E-state index contributed by atoms with van der Waals surface area (Å²) in [6, 6.07) is 19.8. The summed E-state index contributed by atoms with van der Waals surface area (Å²) in [5.74, 6) is -0.290. The Hall–Kier alpha value is -3.27. The van der Waals surface area contributed by atoms with Crippen molar-refractivity contribution in [2.75, 3.05) is 5.32 Å². The van der Waals surface area contributed by atoms with Crippen LogP contribution in [0.1, 0.15) is 28.1 Å². The summed E-state index contributed by atoms with van der Waals surface area (Å²) in [7, 11) is -3.66. The van der Waals surface area contributed by atoms with Crippen LogP contribution in [0.5, 0.6) is 5.75 Å². The lowest BCUT2D eigenvalue weighted by molar-refractivity contribution is 0.102. The predicted molar refractivity (Wildman–Crippen MR) is 130 cm³/mol. The number of halogens is 1. The molecule has 2 N–H and O–H groups in total. The molecular weight excluding hydrogens is 475 g/mol. The molecule has 0 atom stereocenters. The SMILES string of the molecule is O=C(Nc1cccc(S(=O)(=O)NC2CC2)c1)c1sc2cccc(F)c2c1COc1ccccc1. The lowest BCUT2D eigenvalue weighted by atomic mass is 10.1. The maximum absolute atomic E-state index is 14.7. The Kier molecular flexibility index (Phi) is 6.07.